The van der Waals surface area contributed by atoms with Crippen molar-refractivity contribution in [2.75, 3.05) is 45.9 Å². The van der Waals surface area contributed by atoms with Crippen LogP contribution in [0.4, 0.5) is 0 Å². The molecular weight excluding hydrogens is 366 g/mol. The van der Waals surface area contributed by atoms with Crippen LogP contribution in [0.2, 0.25) is 0 Å². The van der Waals surface area contributed by atoms with Gasteiger partial charge in [-0.3, -0.25) is 4.79 Å². The lowest BCUT2D eigenvalue weighted by atomic mass is 9.97. The fraction of sp³-hybridized carbons (Fsp3) is 0.632. The molecule has 150 valence electrons. The normalized spacial score (nSPS) is 23.7. The van der Waals surface area contributed by atoms with Crippen LogP contribution in [0.1, 0.15) is 31.2 Å². The number of hydrogen-bond acceptors (Lipinski definition) is 4. The maximum atomic E-state index is 12.8. The molecule has 0 radical (unpaired) electrons. The smallest absolute Gasteiger partial charge is 0.282 e. The number of ether oxygens (including phenoxy) is 1. The van der Waals surface area contributed by atoms with Crippen LogP contribution in [0.15, 0.2) is 30.3 Å². The molecule has 1 aromatic carbocycles. The fourth-order valence-corrected chi connectivity index (χ4v) is 5.27. The molecule has 0 spiro atoms. The molecule has 2 atom stereocenters. The molecule has 2 heterocycles. The highest BCUT2D eigenvalue weighted by molar-refractivity contribution is 7.86. The van der Waals surface area contributed by atoms with Gasteiger partial charge in [-0.1, -0.05) is 37.3 Å². The maximum absolute atomic E-state index is 12.8. The van der Waals surface area contributed by atoms with Crippen LogP contribution >= 0.6 is 0 Å². The monoisotopic (exact) mass is 395 g/mol. The van der Waals surface area contributed by atoms with E-state index in [9.17, 15) is 13.2 Å². The van der Waals surface area contributed by atoms with Crippen molar-refractivity contribution in [2.45, 2.75) is 25.7 Å². The topological polar surface area (TPSA) is 79.0 Å². The van der Waals surface area contributed by atoms with Crippen molar-refractivity contribution in [1.29, 1.82) is 0 Å². The molecule has 0 aliphatic carbocycles. The molecule has 7 nitrogen and oxygen atoms in total. The number of benzene rings is 1. The van der Waals surface area contributed by atoms with Gasteiger partial charge in [-0.25, -0.2) is 0 Å². The predicted octanol–water partition coefficient (Wildman–Crippen LogP) is 1.20. The summed E-state index contributed by atoms with van der Waals surface area (Å²) in [6, 6.07) is 10.1. The number of morpholine rings is 1. The number of rotatable bonds is 6. The molecular formula is C19H29N3O4S. The minimum atomic E-state index is -3.52. The molecule has 2 saturated heterocycles. The fourth-order valence-electron chi connectivity index (χ4n) is 3.60. The zero-order valence-corrected chi connectivity index (χ0v) is 16.7. The van der Waals surface area contributed by atoms with E-state index in [2.05, 4.69) is 12.2 Å². The average molecular weight is 396 g/mol. The molecule has 1 amide bonds. The largest absolute Gasteiger partial charge is 0.379 e. The SMILES string of the molecule is C[C@@H](CNC(=O)[C@@H]1CCCN(S(=O)(=O)N2CCOCC2)C1)c1ccccc1. The van der Waals surface area contributed by atoms with E-state index in [1.807, 2.05) is 30.3 Å². The van der Waals surface area contributed by atoms with Crippen LogP contribution in [0.5, 0.6) is 0 Å². The Bertz CT molecular complexity index is 720. The Morgan fingerprint density at radius 3 is 2.59 bits per heavy atom. The van der Waals surface area contributed by atoms with Gasteiger partial charge in [0, 0.05) is 32.7 Å². The Morgan fingerprint density at radius 1 is 1.19 bits per heavy atom. The van der Waals surface area contributed by atoms with Crippen LogP contribution in [0, 0.1) is 5.92 Å². The van der Waals surface area contributed by atoms with Crippen molar-refractivity contribution in [3.63, 3.8) is 0 Å². The number of nitrogens with one attached hydrogen (secondary N) is 1. The summed E-state index contributed by atoms with van der Waals surface area (Å²) in [6.07, 6.45) is 1.43. The van der Waals surface area contributed by atoms with Crippen molar-refractivity contribution in [3.8, 4) is 0 Å². The molecule has 0 bridgehead atoms. The summed E-state index contributed by atoms with van der Waals surface area (Å²) in [7, 11) is -3.52. The molecule has 3 rings (SSSR count). The average Bonchev–Trinajstić information content (AvgIpc) is 2.73. The summed E-state index contributed by atoms with van der Waals surface area (Å²) >= 11 is 0. The van der Waals surface area contributed by atoms with E-state index in [0.717, 1.165) is 6.42 Å². The van der Waals surface area contributed by atoms with Crippen LogP contribution in [-0.4, -0.2) is 68.9 Å². The van der Waals surface area contributed by atoms with E-state index in [1.54, 1.807) is 0 Å². The van der Waals surface area contributed by atoms with Crippen molar-refractivity contribution >= 4 is 16.1 Å². The van der Waals surface area contributed by atoms with E-state index >= 15 is 0 Å². The third kappa shape index (κ3) is 5.07. The standard InChI is InChI=1S/C19H29N3O4S/c1-16(17-6-3-2-4-7-17)14-20-19(23)18-8-5-9-22(15-18)27(24,25)21-10-12-26-13-11-21/h2-4,6-7,16,18H,5,8-15H2,1H3,(H,20,23)/t16-,18+/m0/s1. The first-order chi connectivity index (χ1) is 13.0. The summed E-state index contributed by atoms with van der Waals surface area (Å²) in [5.74, 6) is -0.135. The van der Waals surface area contributed by atoms with Gasteiger partial charge in [0.2, 0.25) is 5.91 Å². The zero-order valence-electron chi connectivity index (χ0n) is 15.8. The van der Waals surface area contributed by atoms with Gasteiger partial charge in [-0.15, -0.1) is 0 Å². The molecule has 1 N–H and O–H groups in total. The van der Waals surface area contributed by atoms with E-state index in [1.165, 1.54) is 14.2 Å². The van der Waals surface area contributed by atoms with E-state index in [-0.39, 0.29) is 24.3 Å². The summed E-state index contributed by atoms with van der Waals surface area (Å²) in [4.78, 5) is 12.6. The molecule has 0 saturated carbocycles. The molecule has 2 fully saturated rings. The number of nitrogens with zero attached hydrogens (tertiary/aromatic N) is 2. The number of amides is 1. The van der Waals surface area contributed by atoms with Gasteiger partial charge in [0.25, 0.3) is 10.2 Å². The van der Waals surface area contributed by atoms with E-state index < -0.39 is 10.2 Å². The van der Waals surface area contributed by atoms with Crippen LogP contribution in [-0.2, 0) is 19.7 Å². The second-order valence-electron chi connectivity index (χ2n) is 7.27. The molecule has 27 heavy (non-hydrogen) atoms. The minimum Gasteiger partial charge on any atom is -0.379 e. The van der Waals surface area contributed by atoms with Gasteiger partial charge in [-0.05, 0) is 24.3 Å². The second-order valence-corrected chi connectivity index (χ2v) is 9.20. The highest BCUT2D eigenvalue weighted by Crippen LogP contribution is 2.22. The Kier molecular flexibility index (Phi) is 6.86. The first-order valence-electron chi connectivity index (χ1n) is 9.64. The van der Waals surface area contributed by atoms with E-state index in [4.69, 9.17) is 4.74 Å². The van der Waals surface area contributed by atoms with Gasteiger partial charge in [0.15, 0.2) is 0 Å². The Hall–Kier alpha value is -1.48. The molecule has 2 aliphatic rings. The van der Waals surface area contributed by atoms with Gasteiger partial charge >= 0.3 is 0 Å². The van der Waals surface area contributed by atoms with Gasteiger partial charge in [0.1, 0.15) is 0 Å². The predicted molar refractivity (Wildman–Crippen MR) is 103 cm³/mol. The van der Waals surface area contributed by atoms with Gasteiger partial charge < -0.3 is 10.1 Å². The Labute approximate surface area is 161 Å². The summed E-state index contributed by atoms with van der Waals surface area (Å²) < 4.78 is 33.8. The van der Waals surface area contributed by atoms with Crippen molar-refractivity contribution in [3.05, 3.63) is 35.9 Å². The van der Waals surface area contributed by atoms with Crippen LogP contribution in [0.3, 0.4) is 0 Å². The molecule has 8 heteroatoms. The summed E-state index contributed by atoms with van der Waals surface area (Å²) in [5.41, 5.74) is 1.18. The summed E-state index contributed by atoms with van der Waals surface area (Å²) in [6.45, 7) is 4.97. The van der Waals surface area contributed by atoms with Crippen LogP contribution < -0.4 is 5.32 Å². The molecule has 0 aromatic heterocycles. The molecule has 0 unspecified atom stereocenters. The van der Waals surface area contributed by atoms with Crippen LogP contribution in [0.25, 0.3) is 0 Å². The maximum Gasteiger partial charge on any atom is 0.282 e. The Morgan fingerprint density at radius 2 is 1.89 bits per heavy atom. The van der Waals surface area contributed by atoms with Gasteiger partial charge in [-0.2, -0.15) is 17.0 Å². The third-order valence-corrected chi connectivity index (χ3v) is 7.33. The highest BCUT2D eigenvalue weighted by Gasteiger charge is 2.36. The lowest BCUT2D eigenvalue weighted by molar-refractivity contribution is -0.126. The number of carbonyl (C=O) groups is 1. The number of hydrogen-bond donors (Lipinski definition) is 1. The molecule has 2 aliphatic heterocycles. The zero-order chi connectivity index (χ0) is 19.3. The molecule has 1 aromatic rings. The van der Waals surface area contributed by atoms with Crippen molar-refractivity contribution in [1.82, 2.24) is 13.9 Å². The summed E-state index contributed by atoms with van der Waals surface area (Å²) in [5, 5.41) is 3.01. The van der Waals surface area contributed by atoms with E-state index in [0.29, 0.717) is 45.8 Å². The first-order valence-corrected chi connectivity index (χ1v) is 11.0. The number of piperidine rings is 1. The Balaban J connectivity index is 1.54. The quantitative estimate of drug-likeness (QED) is 0.785. The lowest BCUT2D eigenvalue weighted by Gasteiger charge is -2.36. The minimum absolute atomic E-state index is 0.0559. The first kappa shape index (κ1) is 20.3. The number of carbonyl (C=O) groups excluding carboxylic acids is 1. The van der Waals surface area contributed by atoms with Crippen molar-refractivity contribution in [2.24, 2.45) is 5.92 Å². The lowest BCUT2D eigenvalue weighted by Crippen LogP contribution is -2.53. The van der Waals surface area contributed by atoms with Crippen molar-refractivity contribution < 1.29 is 17.9 Å². The van der Waals surface area contributed by atoms with Gasteiger partial charge in [0.05, 0.1) is 19.1 Å². The second kappa shape index (κ2) is 9.14. The third-order valence-electron chi connectivity index (χ3n) is 5.33. The highest BCUT2D eigenvalue weighted by atomic mass is 32.2.